The van der Waals surface area contributed by atoms with Crippen LogP contribution in [0.2, 0.25) is 10.0 Å². The summed E-state index contributed by atoms with van der Waals surface area (Å²) in [6, 6.07) is 12.8. The summed E-state index contributed by atoms with van der Waals surface area (Å²) < 4.78 is 5.57. The fourth-order valence-electron chi connectivity index (χ4n) is 2.19. The first-order valence-corrected chi connectivity index (χ1v) is 9.49. The van der Waals surface area contributed by atoms with Crippen LogP contribution in [-0.4, -0.2) is 21.9 Å². The summed E-state index contributed by atoms with van der Waals surface area (Å²) in [5, 5.41) is 12.4. The SMILES string of the molecule is Cc1ccc(Cl)cc1NC(=O)CSc1nnc(Cc2ccc(Cl)cc2)o1. The van der Waals surface area contributed by atoms with E-state index in [4.69, 9.17) is 27.6 Å². The molecule has 0 fully saturated rings. The molecule has 5 nitrogen and oxygen atoms in total. The summed E-state index contributed by atoms with van der Waals surface area (Å²) in [6.07, 6.45) is 0.513. The van der Waals surface area contributed by atoms with Gasteiger partial charge in [-0.25, -0.2) is 0 Å². The molecule has 3 aromatic rings. The van der Waals surface area contributed by atoms with Crippen LogP contribution in [0.5, 0.6) is 0 Å². The third-order valence-electron chi connectivity index (χ3n) is 3.52. The molecular formula is C18H15Cl2N3O2S. The van der Waals surface area contributed by atoms with Gasteiger partial charge in [0.1, 0.15) is 0 Å². The first kappa shape index (κ1) is 18.8. The van der Waals surface area contributed by atoms with E-state index in [1.807, 2.05) is 37.3 Å². The summed E-state index contributed by atoms with van der Waals surface area (Å²) in [6.45, 7) is 1.90. The molecule has 0 aliphatic carbocycles. The standard InChI is InChI=1S/C18H15Cl2N3O2S/c1-11-2-5-14(20)9-15(11)21-16(24)10-26-18-23-22-17(25-18)8-12-3-6-13(19)7-4-12/h2-7,9H,8,10H2,1H3,(H,21,24). The van der Waals surface area contributed by atoms with Crippen LogP contribution in [0.1, 0.15) is 17.0 Å². The van der Waals surface area contributed by atoms with Crippen molar-refractivity contribution in [1.29, 1.82) is 0 Å². The maximum absolute atomic E-state index is 12.1. The lowest BCUT2D eigenvalue weighted by atomic mass is 10.1. The van der Waals surface area contributed by atoms with Crippen molar-refractivity contribution in [2.24, 2.45) is 0 Å². The Morgan fingerprint density at radius 1 is 1.12 bits per heavy atom. The number of aryl methyl sites for hydroxylation is 1. The molecule has 0 aliphatic heterocycles. The van der Waals surface area contributed by atoms with Crippen molar-refractivity contribution in [3.63, 3.8) is 0 Å². The third kappa shape index (κ3) is 5.24. The second kappa shape index (κ2) is 8.58. The van der Waals surface area contributed by atoms with Gasteiger partial charge < -0.3 is 9.73 Å². The molecule has 0 radical (unpaired) electrons. The van der Waals surface area contributed by atoms with E-state index >= 15 is 0 Å². The van der Waals surface area contributed by atoms with Crippen LogP contribution in [0.15, 0.2) is 52.1 Å². The van der Waals surface area contributed by atoms with E-state index < -0.39 is 0 Å². The predicted octanol–water partition coefficient (Wildman–Crippen LogP) is 5.01. The molecular weight excluding hydrogens is 393 g/mol. The number of nitrogens with one attached hydrogen (secondary N) is 1. The maximum atomic E-state index is 12.1. The van der Waals surface area contributed by atoms with E-state index in [0.29, 0.717) is 33.3 Å². The molecule has 0 aliphatic rings. The van der Waals surface area contributed by atoms with Crippen molar-refractivity contribution in [3.8, 4) is 0 Å². The number of nitrogens with zero attached hydrogens (tertiary/aromatic N) is 2. The van der Waals surface area contributed by atoms with Crippen LogP contribution in [0.25, 0.3) is 0 Å². The van der Waals surface area contributed by atoms with Crippen LogP contribution in [0.3, 0.4) is 0 Å². The van der Waals surface area contributed by atoms with E-state index in [1.54, 1.807) is 12.1 Å². The average Bonchev–Trinajstić information content (AvgIpc) is 3.06. The number of amides is 1. The maximum Gasteiger partial charge on any atom is 0.277 e. The second-order valence-electron chi connectivity index (χ2n) is 5.56. The Morgan fingerprint density at radius 2 is 1.85 bits per heavy atom. The van der Waals surface area contributed by atoms with Crippen molar-refractivity contribution in [3.05, 3.63) is 69.5 Å². The summed E-state index contributed by atoms with van der Waals surface area (Å²) in [7, 11) is 0. The van der Waals surface area contributed by atoms with Gasteiger partial charge in [-0.15, -0.1) is 10.2 Å². The Morgan fingerprint density at radius 3 is 2.62 bits per heavy atom. The number of thioether (sulfide) groups is 1. The van der Waals surface area contributed by atoms with Gasteiger partial charge >= 0.3 is 0 Å². The molecule has 1 heterocycles. The third-order valence-corrected chi connectivity index (χ3v) is 4.82. The molecule has 0 saturated heterocycles. The molecule has 0 spiro atoms. The Balaban J connectivity index is 1.53. The smallest absolute Gasteiger partial charge is 0.277 e. The highest BCUT2D eigenvalue weighted by Crippen LogP contribution is 2.22. The van der Waals surface area contributed by atoms with Crippen molar-refractivity contribution in [2.75, 3.05) is 11.1 Å². The number of hydrogen-bond donors (Lipinski definition) is 1. The van der Waals surface area contributed by atoms with Crippen LogP contribution in [0.4, 0.5) is 5.69 Å². The zero-order chi connectivity index (χ0) is 18.5. The fraction of sp³-hybridized carbons (Fsp3) is 0.167. The largest absolute Gasteiger partial charge is 0.416 e. The second-order valence-corrected chi connectivity index (χ2v) is 7.36. The molecule has 8 heteroatoms. The Kier molecular flexibility index (Phi) is 6.19. The predicted molar refractivity (Wildman–Crippen MR) is 104 cm³/mol. The van der Waals surface area contributed by atoms with E-state index in [1.165, 1.54) is 11.8 Å². The molecule has 2 aromatic carbocycles. The van der Waals surface area contributed by atoms with Gasteiger partial charge in [-0.05, 0) is 42.3 Å². The van der Waals surface area contributed by atoms with Gasteiger partial charge in [-0.1, -0.05) is 53.2 Å². The topological polar surface area (TPSA) is 68.0 Å². The van der Waals surface area contributed by atoms with E-state index in [0.717, 1.165) is 11.1 Å². The monoisotopic (exact) mass is 407 g/mol. The Hall–Kier alpha value is -2.02. The Bertz CT molecular complexity index is 913. The van der Waals surface area contributed by atoms with Gasteiger partial charge in [-0.3, -0.25) is 4.79 Å². The minimum atomic E-state index is -0.169. The fourth-order valence-corrected chi connectivity index (χ4v) is 3.07. The van der Waals surface area contributed by atoms with Gasteiger partial charge in [0, 0.05) is 15.7 Å². The molecule has 0 unspecified atom stereocenters. The zero-order valence-corrected chi connectivity index (χ0v) is 16.2. The van der Waals surface area contributed by atoms with Gasteiger partial charge in [0.05, 0.1) is 12.2 Å². The highest BCUT2D eigenvalue weighted by atomic mass is 35.5. The number of benzene rings is 2. The number of anilines is 1. The number of halogens is 2. The van der Waals surface area contributed by atoms with Gasteiger partial charge in [-0.2, -0.15) is 0 Å². The van der Waals surface area contributed by atoms with Crippen molar-refractivity contribution < 1.29 is 9.21 Å². The number of carbonyl (C=O) groups excluding carboxylic acids is 1. The number of aromatic nitrogens is 2. The lowest BCUT2D eigenvalue weighted by Gasteiger charge is -2.07. The number of carbonyl (C=O) groups is 1. The molecule has 0 bridgehead atoms. The lowest BCUT2D eigenvalue weighted by molar-refractivity contribution is -0.113. The first-order valence-electron chi connectivity index (χ1n) is 7.75. The van der Waals surface area contributed by atoms with Crippen molar-refractivity contribution in [1.82, 2.24) is 10.2 Å². The van der Waals surface area contributed by atoms with Crippen LogP contribution in [0, 0.1) is 6.92 Å². The molecule has 1 N–H and O–H groups in total. The highest BCUT2D eigenvalue weighted by Gasteiger charge is 2.11. The first-order chi connectivity index (χ1) is 12.5. The molecule has 1 aromatic heterocycles. The summed E-state index contributed by atoms with van der Waals surface area (Å²) in [4.78, 5) is 12.1. The zero-order valence-electron chi connectivity index (χ0n) is 13.8. The average molecular weight is 408 g/mol. The van der Waals surface area contributed by atoms with Gasteiger partial charge in [0.2, 0.25) is 11.8 Å². The quantitative estimate of drug-likeness (QED) is 0.581. The lowest BCUT2D eigenvalue weighted by Crippen LogP contribution is -2.14. The van der Waals surface area contributed by atoms with E-state index in [9.17, 15) is 4.79 Å². The summed E-state index contributed by atoms with van der Waals surface area (Å²) in [5.41, 5.74) is 2.65. The van der Waals surface area contributed by atoms with E-state index in [2.05, 4.69) is 15.5 Å². The number of rotatable bonds is 6. The summed E-state index contributed by atoms with van der Waals surface area (Å²) in [5.74, 6) is 0.480. The minimum Gasteiger partial charge on any atom is -0.416 e. The number of hydrogen-bond acceptors (Lipinski definition) is 5. The molecule has 26 heavy (non-hydrogen) atoms. The molecule has 0 saturated carbocycles. The van der Waals surface area contributed by atoms with Crippen LogP contribution >= 0.6 is 35.0 Å². The molecule has 134 valence electrons. The van der Waals surface area contributed by atoms with Gasteiger partial charge in [0.15, 0.2) is 0 Å². The van der Waals surface area contributed by atoms with E-state index in [-0.39, 0.29) is 11.7 Å². The van der Waals surface area contributed by atoms with Crippen molar-refractivity contribution >= 4 is 46.6 Å². The minimum absolute atomic E-state index is 0.161. The normalized spacial score (nSPS) is 10.7. The summed E-state index contributed by atoms with van der Waals surface area (Å²) >= 11 is 13.0. The van der Waals surface area contributed by atoms with Gasteiger partial charge in [0.25, 0.3) is 5.22 Å². The molecule has 3 rings (SSSR count). The molecule has 0 atom stereocenters. The van der Waals surface area contributed by atoms with Crippen molar-refractivity contribution in [2.45, 2.75) is 18.6 Å². The van der Waals surface area contributed by atoms with Crippen LogP contribution < -0.4 is 5.32 Å². The Labute approximate surface area is 165 Å². The highest BCUT2D eigenvalue weighted by molar-refractivity contribution is 7.99. The molecule has 1 amide bonds. The van der Waals surface area contributed by atoms with Crippen LogP contribution in [-0.2, 0) is 11.2 Å².